The predicted octanol–water partition coefficient (Wildman–Crippen LogP) is 2.47. The van der Waals surface area contributed by atoms with E-state index in [2.05, 4.69) is 11.1 Å². The monoisotopic (exact) mass is 271 g/mol. The Bertz CT molecular complexity index is 669. The van der Waals surface area contributed by atoms with Gasteiger partial charge in [-0.3, -0.25) is 4.79 Å². The number of esters is 1. The van der Waals surface area contributed by atoms with E-state index in [1.54, 1.807) is 0 Å². The second-order valence-corrected chi connectivity index (χ2v) is 4.77. The Morgan fingerprint density at radius 3 is 2.80 bits per heavy atom. The molecule has 1 heterocycles. The molecule has 5 heteroatoms. The zero-order valence-corrected chi connectivity index (χ0v) is 11.8. The van der Waals surface area contributed by atoms with E-state index in [4.69, 9.17) is 10.00 Å². The summed E-state index contributed by atoms with van der Waals surface area (Å²) < 4.78 is 6.76. The molecule has 2 rings (SSSR count). The van der Waals surface area contributed by atoms with E-state index in [0.717, 1.165) is 11.0 Å². The highest BCUT2D eigenvalue weighted by molar-refractivity contribution is 5.77. The Balaban J connectivity index is 2.53. The summed E-state index contributed by atoms with van der Waals surface area (Å²) in [4.78, 5) is 16.2. The fourth-order valence-corrected chi connectivity index (χ4v) is 2.35. The highest BCUT2D eigenvalue weighted by Gasteiger charge is 2.25. The normalized spacial score (nSPS) is 13.7. The van der Waals surface area contributed by atoms with Gasteiger partial charge in [0.2, 0.25) is 0 Å². The van der Waals surface area contributed by atoms with Crippen molar-refractivity contribution in [1.82, 2.24) is 9.55 Å². The van der Waals surface area contributed by atoms with E-state index in [-0.39, 0.29) is 24.3 Å². The number of para-hydroxylation sites is 2. The van der Waals surface area contributed by atoms with Crippen molar-refractivity contribution in [3.8, 4) is 6.07 Å². The molecule has 0 aliphatic carbocycles. The number of hydrogen-bond acceptors (Lipinski definition) is 4. The molecular formula is C15H17N3O2. The predicted molar refractivity (Wildman–Crippen MR) is 74.9 cm³/mol. The Morgan fingerprint density at radius 1 is 1.45 bits per heavy atom. The maximum absolute atomic E-state index is 11.7. The summed E-state index contributed by atoms with van der Waals surface area (Å²) in [6.45, 7) is 3.76. The second kappa shape index (κ2) is 5.74. The minimum atomic E-state index is -0.310. The molecule has 0 bridgehead atoms. The van der Waals surface area contributed by atoms with Crippen molar-refractivity contribution in [2.75, 3.05) is 7.11 Å². The summed E-state index contributed by atoms with van der Waals surface area (Å²) >= 11 is 0. The van der Waals surface area contributed by atoms with E-state index in [9.17, 15) is 4.79 Å². The van der Waals surface area contributed by atoms with Gasteiger partial charge in [0.05, 0.1) is 36.6 Å². The highest BCUT2D eigenvalue weighted by atomic mass is 16.5. The second-order valence-electron chi connectivity index (χ2n) is 4.77. The maximum atomic E-state index is 11.7. The number of hydrogen-bond donors (Lipinski definition) is 0. The van der Waals surface area contributed by atoms with Gasteiger partial charge in [0.15, 0.2) is 0 Å². The smallest absolute Gasteiger partial charge is 0.310 e. The van der Waals surface area contributed by atoms with Crippen LogP contribution in [0.5, 0.6) is 0 Å². The van der Waals surface area contributed by atoms with Gasteiger partial charge in [0.25, 0.3) is 0 Å². The van der Waals surface area contributed by atoms with E-state index < -0.39 is 0 Å². The molecule has 2 aromatic rings. The van der Waals surface area contributed by atoms with Crippen LogP contribution in [-0.4, -0.2) is 22.6 Å². The summed E-state index contributed by atoms with van der Waals surface area (Å²) in [6.07, 6.45) is 0.215. The van der Waals surface area contributed by atoms with Crippen molar-refractivity contribution in [2.24, 2.45) is 5.92 Å². The highest BCUT2D eigenvalue weighted by Crippen LogP contribution is 2.26. The topological polar surface area (TPSA) is 67.9 Å². The van der Waals surface area contributed by atoms with Crippen LogP contribution in [0, 0.1) is 17.2 Å². The minimum absolute atomic E-state index is 0.127. The third-order valence-electron chi connectivity index (χ3n) is 3.61. The average molecular weight is 271 g/mol. The van der Waals surface area contributed by atoms with E-state index in [1.165, 1.54) is 7.11 Å². The zero-order chi connectivity index (χ0) is 14.7. The van der Waals surface area contributed by atoms with Gasteiger partial charge in [0.1, 0.15) is 5.82 Å². The van der Waals surface area contributed by atoms with Crippen LogP contribution in [0.3, 0.4) is 0 Å². The first kappa shape index (κ1) is 14.1. The molecule has 0 amide bonds. The molecule has 2 unspecified atom stereocenters. The molecular weight excluding hydrogens is 254 g/mol. The van der Waals surface area contributed by atoms with E-state index >= 15 is 0 Å². The maximum Gasteiger partial charge on any atom is 0.310 e. The molecule has 1 aromatic carbocycles. The van der Waals surface area contributed by atoms with Crippen molar-refractivity contribution in [1.29, 1.82) is 5.26 Å². The molecule has 5 nitrogen and oxygen atoms in total. The lowest BCUT2D eigenvalue weighted by Crippen LogP contribution is -2.24. The minimum Gasteiger partial charge on any atom is -0.469 e. The van der Waals surface area contributed by atoms with Crippen LogP contribution >= 0.6 is 0 Å². The first-order valence-corrected chi connectivity index (χ1v) is 6.50. The van der Waals surface area contributed by atoms with Crippen LogP contribution in [0.25, 0.3) is 11.0 Å². The Morgan fingerprint density at radius 2 is 2.15 bits per heavy atom. The van der Waals surface area contributed by atoms with Crippen LogP contribution in [0.1, 0.15) is 25.7 Å². The summed E-state index contributed by atoms with van der Waals surface area (Å²) in [5.41, 5.74) is 1.77. The fraction of sp³-hybridized carbons (Fsp3) is 0.400. The van der Waals surface area contributed by atoms with Gasteiger partial charge in [-0.15, -0.1) is 0 Å². The molecule has 0 aliphatic heterocycles. The summed E-state index contributed by atoms with van der Waals surface area (Å²) in [5, 5.41) is 8.95. The molecule has 0 N–H and O–H groups in total. The number of ether oxygens (including phenoxy) is 1. The number of carbonyl (C=O) groups is 1. The van der Waals surface area contributed by atoms with Gasteiger partial charge in [-0.1, -0.05) is 12.1 Å². The van der Waals surface area contributed by atoms with Gasteiger partial charge >= 0.3 is 5.97 Å². The lowest BCUT2D eigenvalue weighted by Gasteiger charge is -2.21. The van der Waals surface area contributed by atoms with Crippen LogP contribution in [0.4, 0.5) is 0 Å². The molecule has 1 aromatic heterocycles. The number of nitriles is 1. The van der Waals surface area contributed by atoms with Gasteiger partial charge in [-0.05, 0) is 26.0 Å². The van der Waals surface area contributed by atoms with Gasteiger partial charge < -0.3 is 9.30 Å². The van der Waals surface area contributed by atoms with Crippen LogP contribution < -0.4 is 0 Å². The largest absolute Gasteiger partial charge is 0.469 e. The van der Waals surface area contributed by atoms with Gasteiger partial charge in [-0.25, -0.2) is 4.98 Å². The fourth-order valence-electron chi connectivity index (χ4n) is 2.35. The van der Waals surface area contributed by atoms with Crippen molar-refractivity contribution >= 4 is 17.0 Å². The number of benzene rings is 1. The number of carbonyl (C=O) groups excluding carboxylic acids is 1. The summed E-state index contributed by atoms with van der Waals surface area (Å²) in [7, 11) is 1.38. The molecule has 0 fully saturated rings. The SMILES string of the molecule is COC(=O)C(C)C(C)n1c(CC#N)nc2ccccc21. The quantitative estimate of drug-likeness (QED) is 0.801. The molecule has 20 heavy (non-hydrogen) atoms. The van der Waals surface area contributed by atoms with Gasteiger partial charge in [0, 0.05) is 6.04 Å². The third-order valence-corrected chi connectivity index (χ3v) is 3.61. The summed E-state index contributed by atoms with van der Waals surface area (Å²) in [5.74, 6) is 0.102. The van der Waals surface area contributed by atoms with E-state index in [0.29, 0.717) is 5.82 Å². The molecule has 0 saturated heterocycles. The van der Waals surface area contributed by atoms with Crippen molar-refractivity contribution in [3.63, 3.8) is 0 Å². The summed E-state index contributed by atoms with van der Waals surface area (Å²) in [6, 6.07) is 9.68. The zero-order valence-electron chi connectivity index (χ0n) is 11.8. The lowest BCUT2D eigenvalue weighted by atomic mass is 10.0. The number of nitrogens with zero attached hydrogens (tertiary/aromatic N) is 3. The Kier molecular flexibility index (Phi) is 4.04. The van der Waals surface area contributed by atoms with E-state index in [1.807, 2.05) is 42.7 Å². The molecule has 104 valence electrons. The lowest BCUT2D eigenvalue weighted by molar-refractivity contribution is -0.146. The Hall–Kier alpha value is -2.35. The number of methoxy groups -OCH3 is 1. The number of aromatic nitrogens is 2. The van der Waals surface area contributed by atoms with Crippen molar-refractivity contribution in [3.05, 3.63) is 30.1 Å². The molecule has 0 spiro atoms. The van der Waals surface area contributed by atoms with Gasteiger partial charge in [-0.2, -0.15) is 5.26 Å². The Labute approximate surface area is 117 Å². The van der Waals surface area contributed by atoms with Crippen LogP contribution in [-0.2, 0) is 16.0 Å². The van der Waals surface area contributed by atoms with Crippen molar-refractivity contribution < 1.29 is 9.53 Å². The average Bonchev–Trinajstić information content (AvgIpc) is 2.83. The molecule has 0 aliphatic rings. The molecule has 0 radical (unpaired) electrons. The number of imidazole rings is 1. The standard InChI is InChI=1S/C15H17N3O2/c1-10(15(19)20-3)11(2)18-13-7-5-4-6-12(13)17-14(18)8-9-16/h4-7,10-11H,8H2,1-3H3. The molecule has 0 saturated carbocycles. The number of fused-ring (bicyclic) bond motifs is 1. The third kappa shape index (κ3) is 2.37. The number of rotatable bonds is 4. The first-order valence-electron chi connectivity index (χ1n) is 6.50. The molecule has 2 atom stereocenters. The van der Waals surface area contributed by atoms with Crippen LogP contribution in [0.15, 0.2) is 24.3 Å². The van der Waals surface area contributed by atoms with Crippen molar-refractivity contribution in [2.45, 2.75) is 26.3 Å². The van der Waals surface area contributed by atoms with Crippen LogP contribution in [0.2, 0.25) is 0 Å². The first-order chi connectivity index (χ1) is 9.60.